The number of nitrogen functional groups attached to an aromatic ring is 1. The highest BCUT2D eigenvalue weighted by Crippen LogP contribution is 2.37. The molecule has 0 atom stereocenters. The molecule has 0 saturated carbocycles. The molecule has 0 aliphatic carbocycles. The first-order valence-electron chi connectivity index (χ1n) is 3.70. The Balaban J connectivity index is 2.54. The van der Waals surface area contributed by atoms with Gasteiger partial charge in [-0.25, -0.2) is 9.97 Å². The molecule has 0 fully saturated rings. The van der Waals surface area contributed by atoms with Gasteiger partial charge in [-0.3, -0.25) is 0 Å². The first-order chi connectivity index (χ1) is 6.66. The number of halogens is 2. The van der Waals surface area contributed by atoms with E-state index in [9.17, 15) is 0 Å². The summed E-state index contributed by atoms with van der Waals surface area (Å²) >= 11 is 13.1. The lowest BCUT2D eigenvalue weighted by Crippen LogP contribution is -1.94. The van der Waals surface area contributed by atoms with Crippen molar-refractivity contribution in [2.75, 3.05) is 5.73 Å². The normalized spacial score (nSPS) is 10.4. The van der Waals surface area contributed by atoms with Gasteiger partial charge in [0.25, 0.3) is 0 Å². The fraction of sp³-hybridized carbons (Fsp3) is 0. The Kier molecular flexibility index (Phi) is 2.58. The number of rotatable bonds is 1. The monoisotopic (exact) mass is 245 g/mol. The maximum atomic E-state index is 5.96. The van der Waals surface area contributed by atoms with Crippen molar-refractivity contribution in [1.82, 2.24) is 9.97 Å². The molecule has 0 spiro atoms. The Bertz CT molecular complexity index is 469. The van der Waals surface area contributed by atoms with Gasteiger partial charge in [0.15, 0.2) is 0 Å². The number of anilines is 1. The van der Waals surface area contributed by atoms with E-state index in [-0.39, 0.29) is 5.95 Å². The maximum absolute atomic E-state index is 5.96. The SMILES string of the molecule is Nc1nccc(-c2cc(Cl)sc2Cl)n1. The predicted octanol–water partition coefficient (Wildman–Crippen LogP) is 3.09. The van der Waals surface area contributed by atoms with Crippen molar-refractivity contribution >= 4 is 40.5 Å². The van der Waals surface area contributed by atoms with Crippen LogP contribution in [0.1, 0.15) is 0 Å². The van der Waals surface area contributed by atoms with E-state index in [1.165, 1.54) is 11.3 Å². The first kappa shape index (κ1) is 9.71. The van der Waals surface area contributed by atoms with Crippen molar-refractivity contribution in [3.05, 3.63) is 27.0 Å². The Morgan fingerprint density at radius 3 is 2.71 bits per heavy atom. The Morgan fingerprint density at radius 2 is 2.14 bits per heavy atom. The lowest BCUT2D eigenvalue weighted by Gasteiger charge is -1.97. The van der Waals surface area contributed by atoms with Crippen LogP contribution in [0.2, 0.25) is 8.67 Å². The summed E-state index contributed by atoms with van der Waals surface area (Å²) in [6, 6.07) is 3.50. The van der Waals surface area contributed by atoms with Crippen molar-refractivity contribution < 1.29 is 0 Å². The number of nitrogens with zero attached hydrogens (tertiary/aromatic N) is 2. The van der Waals surface area contributed by atoms with Gasteiger partial charge in [-0.05, 0) is 12.1 Å². The van der Waals surface area contributed by atoms with Crippen LogP contribution in [0.3, 0.4) is 0 Å². The fourth-order valence-corrected chi connectivity index (χ4v) is 2.52. The highest BCUT2D eigenvalue weighted by atomic mass is 35.5. The van der Waals surface area contributed by atoms with E-state index in [0.29, 0.717) is 14.4 Å². The molecule has 0 bridgehead atoms. The topological polar surface area (TPSA) is 51.8 Å². The summed E-state index contributed by atoms with van der Waals surface area (Å²) < 4.78 is 1.23. The lowest BCUT2D eigenvalue weighted by atomic mass is 10.2. The van der Waals surface area contributed by atoms with Crippen LogP contribution in [0.15, 0.2) is 18.3 Å². The minimum Gasteiger partial charge on any atom is -0.368 e. The predicted molar refractivity (Wildman–Crippen MR) is 59.8 cm³/mol. The molecule has 0 unspecified atom stereocenters. The minimum atomic E-state index is 0.223. The molecular formula is C8H5Cl2N3S. The van der Waals surface area contributed by atoms with Crippen molar-refractivity contribution in [3.8, 4) is 11.3 Å². The molecule has 3 nitrogen and oxygen atoms in total. The third-order valence-electron chi connectivity index (χ3n) is 1.61. The first-order valence-corrected chi connectivity index (χ1v) is 5.28. The number of nitrogens with two attached hydrogens (primary N) is 1. The molecule has 2 aromatic heterocycles. The molecule has 0 aromatic carbocycles. The summed E-state index contributed by atoms with van der Waals surface area (Å²) in [6.45, 7) is 0. The van der Waals surface area contributed by atoms with Gasteiger partial charge >= 0.3 is 0 Å². The second-order valence-corrected chi connectivity index (χ2v) is 4.82. The van der Waals surface area contributed by atoms with Crippen molar-refractivity contribution in [2.24, 2.45) is 0 Å². The number of hydrogen-bond acceptors (Lipinski definition) is 4. The standard InChI is InChI=1S/C8H5Cl2N3S/c9-6-3-4(7(10)14-6)5-1-2-12-8(11)13-5/h1-3H,(H2,11,12,13). The van der Waals surface area contributed by atoms with Gasteiger partial charge in [0, 0.05) is 11.8 Å². The number of aromatic nitrogens is 2. The molecular weight excluding hydrogens is 241 g/mol. The van der Waals surface area contributed by atoms with Gasteiger partial charge < -0.3 is 5.73 Å². The number of thiophene rings is 1. The second kappa shape index (κ2) is 3.73. The molecule has 2 N–H and O–H groups in total. The van der Waals surface area contributed by atoms with Gasteiger partial charge in [0.1, 0.15) is 4.34 Å². The summed E-state index contributed by atoms with van der Waals surface area (Å²) in [6.07, 6.45) is 1.58. The average molecular weight is 246 g/mol. The summed E-state index contributed by atoms with van der Waals surface area (Å²) in [5.74, 6) is 0.223. The second-order valence-electron chi connectivity index (χ2n) is 2.54. The van der Waals surface area contributed by atoms with E-state index in [4.69, 9.17) is 28.9 Å². The Labute approximate surface area is 94.5 Å². The van der Waals surface area contributed by atoms with Crippen LogP contribution >= 0.6 is 34.5 Å². The van der Waals surface area contributed by atoms with Gasteiger partial charge in [0.05, 0.1) is 10.0 Å². The van der Waals surface area contributed by atoms with Gasteiger partial charge in [-0.15, -0.1) is 11.3 Å². The molecule has 2 rings (SSSR count). The van der Waals surface area contributed by atoms with E-state index in [0.717, 1.165) is 5.56 Å². The molecule has 72 valence electrons. The molecule has 6 heteroatoms. The molecule has 2 aromatic rings. The molecule has 0 aliphatic heterocycles. The van der Waals surface area contributed by atoms with Crippen LogP contribution in [-0.4, -0.2) is 9.97 Å². The maximum Gasteiger partial charge on any atom is 0.220 e. The summed E-state index contributed by atoms with van der Waals surface area (Å²) in [5, 5.41) is 0. The van der Waals surface area contributed by atoms with Gasteiger partial charge in [0.2, 0.25) is 5.95 Å². The third kappa shape index (κ3) is 1.82. The largest absolute Gasteiger partial charge is 0.368 e. The lowest BCUT2D eigenvalue weighted by molar-refractivity contribution is 1.19. The fourth-order valence-electron chi connectivity index (χ4n) is 1.04. The van der Waals surface area contributed by atoms with Gasteiger partial charge in [-0.1, -0.05) is 23.2 Å². The quantitative estimate of drug-likeness (QED) is 0.841. The van der Waals surface area contributed by atoms with Crippen LogP contribution in [0, 0.1) is 0 Å². The number of hydrogen-bond donors (Lipinski definition) is 1. The van der Waals surface area contributed by atoms with E-state index in [1.807, 2.05) is 0 Å². The van der Waals surface area contributed by atoms with E-state index >= 15 is 0 Å². The van der Waals surface area contributed by atoms with Crippen LogP contribution < -0.4 is 5.73 Å². The zero-order valence-corrected chi connectivity index (χ0v) is 9.20. The molecule has 14 heavy (non-hydrogen) atoms. The Morgan fingerprint density at radius 1 is 1.36 bits per heavy atom. The van der Waals surface area contributed by atoms with E-state index in [2.05, 4.69) is 9.97 Å². The van der Waals surface area contributed by atoms with Crippen LogP contribution in [0.4, 0.5) is 5.95 Å². The highest BCUT2D eigenvalue weighted by molar-refractivity contribution is 7.20. The summed E-state index contributed by atoms with van der Waals surface area (Å²) in [5.41, 5.74) is 6.93. The van der Waals surface area contributed by atoms with Crippen molar-refractivity contribution in [1.29, 1.82) is 0 Å². The Hall–Kier alpha value is -0.840. The molecule has 0 aliphatic rings. The zero-order valence-electron chi connectivity index (χ0n) is 6.87. The van der Waals surface area contributed by atoms with E-state index < -0.39 is 0 Å². The molecule has 0 radical (unpaired) electrons. The third-order valence-corrected chi connectivity index (χ3v) is 3.09. The summed E-state index contributed by atoms with van der Waals surface area (Å²) in [7, 11) is 0. The van der Waals surface area contributed by atoms with Crippen molar-refractivity contribution in [3.63, 3.8) is 0 Å². The minimum absolute atomic E-state index is 0.223. The summed E-state index contributed by atoms with van der Waals surface area (Å²) in [4.78, 5) is 7.84. The van der Waals surface area contributed by atoms with Crippen LogP contribution in [0.25, 0.3) is 11.3 Å². The highest BCUT2D eigenvalue weighted by Gasteiger charge is 2.09. The van der Waals surface area contributed by atoms with Gasteiger partial charge in [-0.2, -0.15) is 0 Å². The van der Waals surface area contributed by atoms with E-state index in [1.54, 1.807) is 18.3 Å². The smallest absolute Gasteiger partial charge is 0.220 e. The molecule has 2 heterocycles. The van der Waals surface area contributed by atoms with Crippen molar-refractivity contribution in [2.45, 2.75) is 0 Å². The molecule has 0 amide bonds. The zero-order chi connectivity index (χ0) is 10.1. The van der Waals surface area contributed by atoms with Crippen LogP contribution in [-0.2, 0) is 0 Å². The molecule has 0 saturated heterocycles. The average Bonchev–Trinajstić information content (AvgIpc) is 2.45. The van der Waals surface area contributed by atoms with Crippen LogP contribution in [0.5, 0.6) is 0 Å².